The smallest absolute Gasteiger partial charge is 0.304 e. The zero-order valence-corrected chi connectivity index (χ0v) is 21.3. The normalized spacial score (nSPS) is 12.5. The summed E-state index contributed by atoms with van der Waals surface area (Å²) in [7, 11) is -1.60. The van der Waals surface area contributed by atoms with Crippen molar-refractivity contribution in [3.8, 4) is 0 Å². The lowest BCUT2D eigenvalue weighted by molar-refractivity contribution is -0.139. The van der Waals surface area contributed by atoms with Gasteiger partial charge in [0.2, 0.25) is 11.8 Å². The SMILES string of the molecule is Cc1ccccc1CN(C(=O)CN(c1ccccc1F)S(=O)(=O)N(C)C)C(C)C(=O)NC(C)C. The van der Waals surface area contributed by atoms with E-state index in [-0.39, 0.29) is 24.2 Å². The third-order valence-electron chi connectivity index (χ3n) is 5.34. The molecule has 2 aromatic rings. The third kappa shape index (κ3) is 6.54. The van der Waals surface area contributed by atoms with Crippen LogP contribution < -0.4 is 9.62 Å². The van der Waals surface area contributed by atoms with Gasteiger partial charge in [-0.2, -0.15) is 12.7 Å². The highest BCUT2D eigenvalue weighted by molar-refractivity contribution is 7.90. The monoisotopic (exact) mass is 492 g/mol. The third-order valence-corrected chi connectivity index (χ3v) is 7.15. The number of anilines is 1. The van der Waals surface area contributed by atoms with E-state index in [1.165, 1.54) is 37.2 Å². The Kier molecular flexibility index (Phi) is 9.17. The van der Waals surface area contributed by atoms with Crippen molar-refractivity contribution in [3.63, 3.8) is 0 Å². The number of rotatable bonds is 10. The van der Waals surface area contributed by atoms with Gasteiger partial charge in [-0.05, 0) is 51.0 Å². The fourth-order valence-corrected chi connectivity index (χ4v) is 4.38. The minimum Gasteiger partial charge on any atom is -0.352 e. The maximum absolute atomic E-state index is 14.6. The molecule has 10 heteroatoms. The van der Waals surface area contributed by atoms with Crippen LogP contribution in [-0.4, -0.2) is 62.2 Å². The number of carbonyl (C=O) groups excluding carboxylic acids is 2. The van der Waals surface area contributed by atoms with Crippen LogP contribution in [0.3, 0.4) is 0 Å². The number of aryl methyl sites for hydroxylation is 1. The molecule has 0 spiro atoms. The second-order valence-electron chi connectivity index (χ2n) is 8.54. The summed E-state index contributed by atoms with van der Waals surface area (Å²) >= 11 is 0. The average Bonchev–Trinajstić information content (AvgIpc) is 2.76. The predicted octanol–water partition coefficient (Wildman–Crippen LogP) is 2.69. The Morgan fingerprint density at radius 1 is 1.00 bits per heavy atom. The molecular weight excluding hydrogens is 459 g/mol. The predicted molar refractivity (Wildman–Crippen MR) is 131 cm³/mol. The molecule has 8 nitrogen and oxygen atoms in total. The van der Waals surface area contributed by atoms with Crippen molar-refractivity contribution < 1.29 is 22.4 Å². The summed E-state index contributed by atoms with van der Waals surface area (Å²) in [6.45, 7) is 6.50. The lowest BCUT2D eigenvalue weighted by atomic mass is 10.1. The van der Waals surface area contributed by atoms with Crippen LogP contribution in [0.4, 0.5) is 10.1 Å². The lowest BCUT2D eigenvalue weighted by Crippen LogP contribution is -2.53. The number of nitrogens with one attached hydrogen (secondary N) is 1. The Morgan fingerprint density at radius 3 is 2.15 bits per heavy atom. The fraction of sp³-hybridized carbons (Fsp3) is 0.417. The molecule has 2 rings (SSSR count). The molecule has 0 heterocycles. The molecule has 0 aromatic heterocycles. The van der Waals surface area contributed by atoms with Crippen molar-refractivity contribution in [3.05, 3.63) is 65.5 Å². The first-order valence-electron chi connectivity index (χ1n) is 10.9. The standard InChI is InChI=1S/C24H33FN4O4S/c1-17(2)26-24(31)19(4)28(15-20-12-8-7-11-18(20)3)23(30)16-29(34(32,33)27(5)6)22-14-10-9-13-21(22)25/h7-14,17,19H,15-16H2,1-6H3,(H,26,31). The van der Waals surface area contributed by atoms with Crippen molar-refractivity contribution in [2.75, 3.05) is 24.9 Å². The summed E-state index contributed by atoms with van der Waals surface area (Å²) in [5, 5.41) is 2.79. The van der Waals surface area contributed by atoms with Crippen LogP contribution in [0.5, 0.6) is 0 Å². The Labute approximate surface area is 201 Å². The van der Waals surface area contributed by atoms with Gasteiger partial charge >= 0.3 is 10.2 Å². The summed E-state index contributed by atoms with van der Waals surface area (Å²) in [6.07, 6.45) is 0. The van der Waals surface area contributed by atoms with Gasteiger partial charge in [-0.1, -0.05) is 36.4 Å². The summed E-state index contributed by atoms with van der Waals surface area (Å²) in [6, 6.07) is 11.7. The van der Waals surface area contributed by atoms with Crippen LogP contribution in [0, 0.1) is 12.7 Å². The van der Waals surface area contributed by atoms with Crippen LogP contribution in [-0.2, 0) is 26.3 Å². The number of hydrogen-bond donors (Lipinski definition) is 1. The molecule has 186 valence electrons. The van der Waals surface area contributed by atoms with E-state index in [1.54, 1.807) is 6.92 Å². The summed E-state index contributed by atoms with van der Waals surface area (Å²) in [4.78, 5) is 27.7. The van der Waals surface area contributed by atoms with Crippen LogP contribution in [0.25, 0.3) is 0 Å². The lowest BCUT2D eigenvalue weighted by Gasteiger charge is -2.33. The number of benzene rings is 2. The maximum Gasteiger partial charge on any atom is 0.304 e. The summed E-state index contributed by atoms with van der Waals surface area (Å²) < 4.78 is 42.3. The van der Waals surface area contributed by atoms with Gasteiger partial charge in [0.15, 0.2) is 0 Å². The Balaban J connectivity index is 2.49. The number of amides is 2. The minimum atomic E-state index is -4.21. The first-order chi connectivity index (χ1) is 15.9. The van der Waals surface area contributed by atoms with Crippen molar-refractivity contribution in [1.29, 1.82) is 0 Å². The number of nitrogens with zero attached hydrogens (tertiary/aromatic N) is 3. The van der Waals surface area contributed by atoms with Crippen LogP contribution in [0.2, 0.25) is 0 Å². The molecule has 0 aliphatic rings. The van der Waals surface area contributed by atoms with E-state index in [9.17, 15) is 22.4 Å². The van der Waals surface area contributed by atoms with Gasteiger partial charge in [-0.3, -0.25) is 9.59 Å². The Hall–Kier alpha value is -2.98. The highest BCUT2D eigenvalue weighted by Gasteiger charge is 2.33. The van der Waals surface area contributed by atoms with Gasteiger partial charge in [0.25, 0.3) is 0 Å². The highest BCUT2D eigenvalue weighted by Crippen LogP contribution is 2.24. The number of halogens is 1. The van der Waals surface area contributed by atoms with Crippen molar-refractivity contribution in [2.24, 2.45) is 0 Å². The highest BCUT2D eigenvalue weighted by atomic mass is 32.2. The Morgan fingerprint density at radius 2 is 1.59 bits per heavy atom. The average molecular weight is 493 g/mol. The second-order valence-corrected chi connectivity index (χ2v) is 10.6. The van der Waals surface area contributed by atoms with Crippen molar-refractivity contribution in [1.82, 2.24) is 14.5 Å². The molecule has 0 aliphatic carbocycles. The Bertz CT molecular complexity index is 1120. The fourth-order valence-electron chi connectivity index (χ4n) is 3.31. The van der Waals surface area contributed by atoms with E-state index in [1.807, 2.05) is 45.0 Å². The van der Waals surface area contributed by atoms with Gasteiger partial charge in [0.05, 0.1) is 5.69 Å². The van der Waals surface area contributed by atoms with Gasteiger partial charge in [0, 0.05) is 26.7 Å². The molecular formula is C24H33FN4O4S. The molecule has 0 bridgehead atoms. The molecule has 0 saturated carbocycles. The molecule has 1 atom stereocenters. The molecule has 0 aliphatic heterocycles. The van der Waals surface area contributed by atoms with Gasteiger partial charge in [0.1, 0.15) is 18.4 Å². The molecule has 1 N–H and O–H groups in total. The molecule has 0 fully saturated rings. The number of hydrogen-bond acceptors (Lipinski definition) is 4. The van der Waals surface area contributed by atoms with E-state index >= 15 is 0 Å². The van der Waals surface area contributed by atoms with Crippen LogP contribution in [0.1, 0.15) is 31.9 Å². The molecule has 0 radical (unpaired) electrons. The van der Waals surface area contributed by atoms with Gasteiger partial charge in [-0.25, -0.2) is 8.70 Å². The molecule has 0 saturated heterocycles. The largest absolute Gasteiger partial charge is 0.352 e. The van der Waals surface area contributed by atoms with Gasteiger partial charge in [-0.15, -0.1) is 0 Å². The summed E-state index contributed by atoms with van der Waals surface area (Å²) in [5.41, 5.74) is 1.48. The summed E-state index contributed by atoms with van der Waals surface area (Å²) in [5.74, 6) is -1.79. The van der Waals surface area contributed by atoms with Gasteiger partial charge < -0.3 is 10.2 Å². The zero-order chi connectivity index (χ0) is 25.6. The topological polar surface area (TPSA) is 90.0 Å². The van der Waals surface area contributed by atoms with E-state index in [0.717, 1.165) is 25.8 Å². The minimum absolute atomic E-state index is 0.0886. The van der Waals surface area contributed by atoms with Crippen LogP contribution >= 0.6 is 0 Å². The quantitative estimate of drug-likeness (QED) is 0.552. The molecule has 2 amide bonds. The van der Waals surface area contributed by atoms with Crippen molar-refractivity contribution in [2.45, 2.75) is 46.3 Å². The first-order valence-corrected chi connectivity index (χ1v) is 12.3. The molecule has 2 aromatic carbocycles. The molecule has 1 unspecified atom stereocenters. The number of carbonyl (C=O) groups is 2. The maximum atomic E-state index is 14.6. The van der Waals surface area contributed by atoms with E-state index in [4.69, 9.17) is 0 Å². The second kappa shape index (κ2) is 11.4. The van der Waals surface area contributed by atoms with E-state index < -0.39 is 34.5 Å². The van der Waals surface area contributed by atoms with E-state index in [0.29, 0.717) is 0 Å². The first kappa shape index (κ1) is 27.3. The van der Waals surface area contributed by atoms with Crippen molar-refractivity contribution >= 4 is 27.7 Å². The van der Waals surface area contributed by atoms with E-state index in [2.05, 4.69) is 5.32 Å². The molecule has 34 heavy (non-hydrogen) atoms. The van der Waals surface area contributed by atoms with Crippen LogP contribution in [0.15, 0.2) is 48.5 Å². The number of para-hydroxylation sites is 1. The zero-order valence-electron chi connectivity index (χ0n) is 20.4.